The molecule has 3 rings (SSSR count). The van der Waals surface area contributed by atoms with E-state index >= 15 is 0 Å². The van der Waals surface area contributed by atoms with Crippen LogP contribution in [0.25, 0.3) is 5.69 Å². The van der Waals surface area contributed by atoms with Crippen molar-refractivity contribution in [2.75, 3.05) is 18.4 Å². The Kier molecular flexibility index (Phi) is 7.42. The van der Waals surface area contributed by atoms with E-state index in [1.165, 1.54) is 43.6 Å². The van der Waals surface area contributed by atoms with Crippen LogP contribution in [0, 0.1) is 11.8 Å². The van der Waals surface area contributed by atoms with Crippen LogP contribution in [-0.2, 0) is 0 Å². The Morgan fingerprint density at radius 3 is 2.25 bits per heavy atom. The van der Waals surface area contributed by atoms with Gasteiger partial charge in [-0.1, -0.05) is 26.8 Å². The Bertz CT molecular complexity index is 750. The summed E-state index contributed by atoms with van der Waals surface area (Å²) in [6.45, 7) is 11.4. The molecular formula is C24H37N3S. The third kappa shape index (κ3) is 5.99. The van der Waals surface area contributed by atoms with Gasteiger partial charge in [0.2, 0.25) is 0 Å². The minimum Gasteiger partial charge on any atom is -0.385 e. The van der Waals surface area contributed by atoms with Crippen molar-refractivity contribution in [1.29, 1.82) is 0 Å². The number of nitrogens with one attached hydrogen (secondary N) is 2. The third-order valence-corrected chi connectivity index (χ3v) is 8.00. The van der Waals surface area contributed by atoms with Crippen LogP contribution in [0.3, 0.4) is 0 Å². The molecule has 1 atom stereocenters. The largest absolute Gasteiger partial charge is 0.385 e. The molecule has 2 N–H and O–H groups in total. The molecule has 2 aromatic rings. The summed E-state index contributed by atoms with van der Waals surface area (Å²) in [4.78, 5) is 0. The molecular weight excluding hydrogens is 362 g/mol. The fraction of sp³-hybridized carbons (Fsp3) is 0.542. The Labute approximate surface area is 174 Å². The van der Waals surface area contributed by atoms with E-state index < -0.39 is 0 Å². The molecule has 1 aromatic carbocycles. The molecule has 1 unspecified atom stereocenters. The highest BCUT2D eigenvalue weighted by atomic mass is 32.2. The first kappa shape index (κ1) is 21.2. The molecule has 1 aliphatic rings. The molecule has 0 amide bonds. The van der Waals surface area contributed by atoms with Gasteiger partial charge in [-0.3, -0.25) is 4.72 Å². The van der Waals surface area contributed by atoms with Gasteiger partial charge in [0, 0.05) is 41.6 Å². The summed E-state index contributed by atoms with van der Waals surface area (Å²) in [5, 5.41) is 6.02. The fourth-order valence-electron chi connectivity index (χ4n) is 4.05. The number of rotatable bonds is 7. The van der Waals surface area contributed by atoms with Crippen molar-refractivity contribution in [1.82, 2.24) is 9.29 Å². The standard InChI is InChI=1S/C24H37N3S/c1-5-28(24(2,3)4)26-19-21-13-11-20(12-14-21)18-25-22-9-8-10-23(17-22)27-15-6-7-16-27/h5-10,15-17,20-21,25-26H,11-14,18-19H2,1-4H3. The average Bonchev–Trinajstić information content (AvgIpc) is 3.22. The summed E-state index contributed by atoms with van der Waals surface area (Å²) in [7, 11) is 0.208. The first-order valence-electron chi connectivity index (χ1n) is 10.7. The van der Waals surface area contributed by atoms with Crippen LogP contribution in [0.1, 0.15) is 53.4 Å². The molecule has 0 radical (unpaired) electrons. The lowest BCUT2D eigenvalue weighted by Crippen LogP contribution is -2.29. The number of hydrogen-bond donors (Lipinski definition) is 2. The lowest BCUT2D eigenvalue weighted by molar-refractivity contribution is 0.285. The second kappa shape index (κ2) is 9.80. The third-order valence-electron chi connectivity index (χ3n) is 5.73. The first-order chi connectivity index (χ1) is 13.5. The number of benzene rings is 1. The smallest absolute Gasteiger partial charge is 0.0469 e. The van der Waals surface area contributed by atoms with E-state index in [9.17, 15) is 0 Å². The maximum Gasteiger partial charge on any atom is 0.0469 e. The maximum atomic E-state index is 3.83. The monoisotopic (exact) mass is 399 g/mol. The minimum atomic E-state index is 0.208. The number of anilines is 1. The molecule has 1 aliphatic carbocycles. The second-order valence-electron chi connectivity index (χ2n) is 8.94. The highest BCUT2D eigenvalue weighted by Crippen LogP contribution is 2.32. The highest BCUT2D eigenvalue weighted by molar-refractivity contribution is 8.14. The molecule has 1 heterocycles. The quantitative estimate of drug-likeness (QED) is 0.552. The fourth-order valence-corrected chi connectivity index (χ4v) is 5.77. The van der Waals surface area contributed by atoms with Crippen molar-refractivity contribution in [3.05, 3.63) is 48.8 Å². The van der Waals surface area contributed by atoms with Crippen molar-refractivity contribution < 1.29 is 0 Å². The van der Waals surface area contributed by atoms with Crippen LogP contribution in [0.5, 0.6) is 0 Å². The summed E-state index contributed by atoms with van der Waals surface area (Å²) < 4.78 is 6.31. The molecule has 3 nitrogen and oxygen atoms in total. The summed E-state index contributed by atoms with van der Waals surface area (Å²) in [5.41, 5.74) is 2.44. The van der Waals surface area contributed by atoms with E-state index in [0.29, 0.717) is 4.75 Å². The minimum absolute atomic E-state index is 0.208. The number of nitrogens with zero attached hydrogens (tertiary/aromatic N) is 1. The van der Waals surface area contributed by atoms with Gasteiger partial charge in [-0.2, -0.15) is 0 Å². The first-order valence-corrected chi connectivity index (χ1v) is 12.0. The summed E-state index contributed by atoms with van der Waals surface area (Å²) in [5.74, 6) is 1.63. The van der Waals surface area contributed by atoms with Crippen molar-refractivity contribution in [2.24, 2.45) is 11.8 Å². The van der Waals surface area contributed by atoms with E-state index in [0.717, 1.165) is 18.4 Å². The van der Waals surface area contributed by atoms with Crippen molar-refractivity contribution >= 4 is 21.7 Å². The van der Waals surface area contributed by atoms with Crippen molar-refractivity contribution in [2.45, 2.75) is 58.1 Å². The van der Waals surface area contributed by atoms with Gasteiger partial charge in [0.1, 0.15) is 0 Å². The normalized spacial score (nSPS) is 21.6. The summed E-state index contributed by atoms with van der Waals surface area (Å²) in [6.07, 6.45) is 9.58. The van der Waals surface area contributed by atoms with Crippen LogP contribution in [0.15, 0.2) is 48.8 Å². The predicted octanol–water partition coefficient (Wildman–Crippen LogP) is 6.09. The van der Waals surface area contributed by atoms with Gasteiger partial charge in [-0.15, -0.1) is 10.7 Å². The molecule has 28 heavy (non-hydrogen) atoms. The Morgan fingerprint density at radius 1 is 1.00 bits per heavy atom. The number of hydrogen-bond acceptors (Lipinski definition) is 2. The van der Waals surface area contributed by atoms with Gasteiger partial charge in [0.25, 0.3) is 0 Å². The molecule has 154 valence electrons. The zero-order valence-electron chi connectivity index (χ0n) is 17.9. The lowest BCUT2D eigenvalue weighted by atomic mass is 9.82. The van der Waals surface area contributed by atoms with E-state index in [4.69, 9.17) is 0 Å². The summed E-state index contributed by atoms with van der Waals surface area (Å²) in [6, 6.07) is 12.8. The zero-order valence-corrected chi connectivity index (χ0v) is 18.8. The van der Waals surface area contributed by atoms with Gasteiger partial charge in [-0.05, 0) is 80.1 Å². The van der Waals surface area contributed by atoms with E-state index in [-0.39, 0.29) is 10.7 Å². The van der Waals surface area contributed by atoms with E-state index in [2.05, 4.69) is 96.5 Å². The van der Waals surface area contributed by atoms with Crippen molar-refractivity contribution in [3.63, 3.8) is 0 Å². The molecule has 0 aliphatic heterocycles. The maximum absolute atomic E-state index is 3.83. The Hall–Kier alpha value is -1.52. The van der Waals surface area contributed by atoms with Crippen molar-refractivity contribution in [3.8, 4) is 5.69 Å². The molecule has 0 spiro atoms. The van der Waals surface area contributed by atoms with E-state index in [1.54, 1.807) is 0 Å². The molecule has 0 bridgehead atoms. The second-order valence-corrected chi connectivity index (χ2v) is 11.6. The lowest BCUT2D eigenvalue weighted by Gasteiger charge is -2.31. The Balaban J connectivity index is 1.42. The van der Waals surface area contributed by atoms with Gasteiger partial charge >= 0.3 is 0 Å². The summed E-state index contributed by atoms with van der Waals surface area (Å²) >= 11 is 0. The van der Waals surface area contributed by atoms with Crippen LogP contribution < -0.4 is 10.0 Å². The van der Waals surface area contributed by atoms with Crippen LogP contribution >= 0.6 is 10.7 Å². The van der Waals surface area contributed by atoms with E-state index in [1.807, 2.05) is 0 Å². The van der Waals surface area contributed by atoms with Gasteiger partial charge < -0.3 is 9.88 Å². The zero-order chi connectivity index (χ0) is 20.0. The van der Waals surface area contributed by atoms with Crippen LogP contribution in [0.2, 0.25) is 0 Å². The van der Waals surface area contributed by atoms with Gasteiger partial charge in [0.15, 0.2) is 0 Å². The molecule has 1 aromatic heterocycles. The topological polar surface area (TPSA) is 29.0 Å². The van der Waals surface area contributed by atoms with Gasteiger partial charge in [0.05, 0.1) is 0 Å². The van der Waals surface area contributed by atoms with Crippen LogP contribution in [-0.4, -0.2) is 27.8 Å². The molecule has 1 saturated carbocycles. The predicted molar refractivity (Wildman–Crippen MR) is 127 cm³/mol. The number of aromatic nitrogens is 1. The average molecular weight is 400 g/mol. The molecule has 0 saturated heterocycles. The molecule has 4 heteroatoms. The highest BCUT2D eigenvalue weighted by Gasteiger charge is 2.22. The van der Waals surface area contributed by atoms with Gasteiger partial charge in [-0.25, -0.2) is 0 Å². The Morgan fingerprint density at radius 2 is 1.64 bits per heavy atom. The van der Waals surface area contributed by atoms with Crippen LogP contribution in [0.4, 0.5) is 5.69 Å². The molecule has 1 fully saturated rings. The SMILES string of the molecule is C/C=S(/NCC1CCC(CNc2cccc(-n3cccc3)c2)CC1)C(C)(C)C.